The highest BCUT2D eigenvalue weighted by Gasteiger charge is 2.27. The first-order chi connectivity index (χ1) is 12.3. The normalized spacial score (nSPS) is 15.5. The number of carbonyl (C=O) groups is 1. The molecule has 0 bridgehead atoms. The molecule has 3 rings (SSSR count). The summed E-state index contributed by atoms with van der Waals surface area (Å²) in [5, 5.41) is 9.53. The average molecular weight is 413 g/mol. The first kappa shape index (κ1) is 18.8. The largest absolute Gasteiger partial charge is 0.477 e. The quantitative estimate of drug-likeness (QED) is 0.828. The van der Waals surface area contributed by atoms with Gasteiger partial charge < -0.3 is 5.11 Å². The van der Waals surface area contributed by atoms with E-state index in [1.165, 1.54) is 28.6 Å². The van der Waals surface area contributed by atoms with Gasteiger partial charge in [-0.15, -0.1) is 0 Å². The van der Waals surface area contributed by atoms with Gasteiger partial charge in [-0.05, 0) is 42.3 Å². The van der Waals surface area contributed by atoms with Crippen LogP contribution >= 0.6 is 23.2 Å². The summed E-state index contributed by atoms with van der Waals surface area (Å²) in [4.78, 5) is 15.2. The zero-order chi connectivity index (χ0) is 18.9. The number of carboxylic acids is 1. The molecule has 1 aromatic heterocycles. The number of benzene rings is 1. The molecule has 0 saturated carbocycles. The number of sulfonamides is 1. The molecule has 0 spiro atoms. The summed E-state index contributed by atoms with van der Waals surface area (Å²) in [5.41, 5.74) is 1.29. The number of hydrogen-bond acceptors (Lipinski definition) is 4. The summed E-state index contributed by atoms with van der Waals surface area (Å²) in [7, 11) is -3.73. The molecule has 6 nitrogen and oxygen atoms in total. The lowest BCUT2D eigenvalue weighted by Gasteiger charge is -2.26. The van der Waals surface area contributed by atoms with Crippen molar-refractivity contribution >= 4 is 44.8 Å². The van der Waals surface area contributed by atoms with E-state index in [1.807, 2.05) is 0 Å². The predicted octanol–water partition coefficient (Wildman–Crippen LogP) is 3.56. The summed E-state index contributed by atoms with van der Waals surface area (Å²) >= 11 is 11.8. The molecule has 1 aliphatic rings. The third kappa shape index (κ3) is 3.91. The molecule has 0 aliphatic carbocycles. The summed E-state index contributed by atoms with van der Waals surface area (Å²) in [5.74, 6) is -1.11. The van der Waals surface area contributed by atoms with Crippen LogP contribution in [0.1, 0.15) is 22.6 Å². The van der Waals surface area contributed by atoms with E-state index < -0.39 is 16.0 Å². The van der Waals surface area contributed by atoms with Gasteiger partial charge in [0.2, 0.25) is 10.0 Å². The van der Waals surface area contributed by atoms with E-state index >= 15 is 0 Å². The highest BCUT2D eigenvalue weighted by atomic mass is 35.5. The number of pyridine rings is 1. The van der Waals surface area contributed by atoms with Crippen LogP contribution in [0.2, 0.25) is 10.0 Å². The molecule has 2 heterocycles. The summed E-state index contributed by atoms with van der Waals surface area (Å²) < 4.78 is 26.8. The van der Waals surface area contributed by atoms with Crippen LogP contribution in [0.15, 0.2) is 47.4 Å². The van der Waals surface area contributed by atoms with Crippen molar-refractivity contribution in [1.29, 1.82) is 0 Å². The maximum absolute atomic E-state index is 12.8. The molecule has 0 fully saturated rings. The zero-order valence-corrected chi connectivity index (χ0v) is 15.7. The van der Waals surface area contributed by atoms with Crippen LogP contribution in [-0.2, 0) is 10.0 Å². The van der Waals surface area contributed by atoms with Crippen LogP contribution in [0.4, 0.5) is 0 Å². The van der Waals surface area contributed by atoms with Crippen molar-refractivity contribution in [2.45, 2.75) is 11.3 Å². The molecule has 0 saturated heterocycles. The molecule has 2 aromatic rings. The summed E-state index contributed by atoms with van der Waals surface area (Å²) in [6.45, 7) is 0.401. The van der Waals surface area contributed by atoms with Crippen LogP contribution in [-0.4, -0.2) is 41.9 Å². The third-order valence-electron chi connectivity index (χ3n) is 3.94. The lowest BCUT2D eigenvalue weighted by atomic mass is 10.1. The fourth-order valence-electron chi connectivity index (χ4n) is 2.66. The van der Waals surface area contributed by atoms with Gasteiger partial charge in [0.1, 0.15) is 5.69 Å². The Morgan fingerprint density at radius 3 is 2.42 bits per heavy atom. The Kier molecular flexibility index (Phi) is 5.34. The maximum Gasteiger partial charge on any atom is 0.354 e. The Morgan fingerprint density at radius 1 is 1.15 bits per heavy atom. The molecule has 1 aliphatic heterocycles. The second-order valence-corrected chi connectivity index (χ2v) is 8.47. The monoisotopic (exact) mass is 412 g/mol. The number of carboxylic acid groups (broad SMARTS) is 1. The van der Waals surface area contributed by atoms with Crippen LogP contribution in [0.25, 0.3) is 5.57 Å². The number of rotatable bonds is 4. The summed E-state index contributed by atoms with van der Waals surface area (Å²) in [6.07, 6.45) is 2.16. The van der Waals surface area contributed by atoms with Gasteiger partial charge in [0.05, 0.1) is 10.6 Å². The van der Waals surface area contributed by atoms with Gasteiger partial charge in [-0.3, -0.25) is 0 Å². The molecule has 26 heavy (non-hydrogen) atoms. The summed E-state index contributed by atoms with van der Waals surface area (Å²) in [6, 6.07) is 8.93. The Labute approximate surface area is 160 Å². The molecule has 0 amide bonds. The molecule has 9 heteroatoms. The Morgan fingerprint density at radius 2 is 1.85 bits per heavy atom. The Hall–Kier alpha value is -1.93. The van der Waals surface area contributed by atoms with Crippen LogP contribution < -0.4 is 0 Å². The fraction of sp³-hybridized carbons (Fsp3) is 0.176. The maximum atomic E-state index is 12.8. The van der Waals surface area contributed by atoms with Gasteiger partial charge in [0, 0.05) is 23.1 Å². The van der Waals surface area contributed by atoms with Crippen molar-refractivity contribution in [2.75, 3.05) is 13.1 Å². The SMILES string of the molecule is O=C(O)c1cccc(C2=CCN(S(=O)(=O)c3cc(Cl)cc(Cl)c3)CC2)n1. The van der Waals surface area contributed by atoms with Gasteiger partial charge in [0.15, 0.2) is 0 Å². The van der Waals surface area contributed by atoms with E-state index in [0.29, 0.717) is 12.1 Å². The van der Waals surface area contributed by atoms with Crippen molar-refractivity contribution in [3.63, 3.8) is 0 Å². The molecule has 1 aromatic carbocycles. The molecular formula is C17H14Cl2N2O4S. The highest BCUT2D eigenvalue weighted by molar-refractivity contribution is 7.89. The number of aromatic nitrogens is 1. The predicted molar refractivity (Wildman–Crippen MR) is 99.0 cm³/mol. The van der Waals surface area contributed by atoms with Crippen LogP contribution in [0.5, 0.6) is 0 Å². The van der Waals surface area contributed by atoms with Crippen LogP contribution in [0.3, 0.4) is 0 Å². The first-order valence-corrected chi connectivity index (χ1v) is 9.83. The number of nitrogens with zero attached hydrogens (tertiary/aromatic N) is 2. The lowest BCUT2D eigenvalue weighted by Crippen LogP contribution is -2.34. The van der Waals surface area contributed by atoms with Gasteiger partial charge in [-0.25, -0.2) is 18.2 Å². The average Bonchev–Trinajstić information content (AvgIpc) is 2.61. The second kappa shape index (κ2) is 7.36. The minimum atomic E-state index is -3.73. The van der Waals surface area contributed by atoms with Crippen molar-refractivity contribution in [3.05, 3.63) is 63.9 Å². The minimum Gasteiger partial charge on any atom is -0.477 e. The van der Waals surface area contributed by atoms with Gasteiger partial charge in [0.25, 0.3) is 0 Å². The Balaban J connectivity index is 1.84. The highest BCUT2D eigenvalue weighted by Crippen LogP contribution is 2.28. The smallest absolute Gasteiger partial charge is 0.354 e. The van der Waals surface area contributed by atoms with Crippen molar-refractivity contribution in [3.8, 4) is 0 Å². The standard InChI is InChI=1S/C17H14Cl2N2O4S/c18-12-8-13(19)10-14(9-12)26(24,25)21-6-4-11(5-7-21)15-2-1-3-16(20-15)17(22)23/h1-4,8-10H,5-7H2,(H,22,23). The number of aromatic carboxylic acids is 1. The zero-order valence-electron chi connectivity index (χ0n) is 13.4. The molecule has 0 radical (unpaired) electrons. The van der Waals surface area contributed by atoms with E-state index in [2.05, 4.69) is 4.98 Å². The molecule has 0 unspecified atom stereocenters. The van der Waals surface area contributed by atoms with Gasteiger partial charge in [-0.1, -0.05) is 35.3 Å². The van der Waals surface area contributed by atoms with Crippen molar-refractivity contribution in [2.24, 2.45) is 0 Å². The third-order valence-corrected chi connectivity index (χ3v) is 6.22. The first-order valence-electron chi connectivity index (χ1n) is 7.63. The van der Waals surface area contributed by atoms with E-state index in [9.17, 15) is 13.2 Å². The molecule has 0 atom stereocenters. The van der Waals surface area contributed by atoms with Gasteiger partial charge >= 0.3 is 5.97 Å². The second-order valence-electron chi connectivity index (χ2n) is 5.66. The molecular weight excluding hydrogens is 399 g/mol. The van der Waals surface area contributed by atoms with Crippen molar-refractivity contribution in [1.82, 2.24) is 9.29 Å². The number of hydrogen-bond donors (Lipinski definition) is 1. The van der Waals surface area contributed by atoms with E-state index in [-0.39, 0.29) is 33.7 Å². The number of halogens is 2. The molecule has 1 N–H and O–H groups in total. The van der Waals surface area contributed by atoms with Gasteiger partial charge in [-0.2, -0.15) is 4.31 Å². The lowest BCUT2D eigenvalue weighted by molar-refractivity contribution is 0.0690. The van der Waals surface area contributed by atoms with E-state index in [1.54, 1.807) is 18.2 Å². The fourth-order valence-corrected chi connectivity index (χ4v) is 4.77. The van der Waals surface area contributed by atoms with E-state index in [0.717, 1.165) is 5.57 Å². The van der Waals surface area contributed by atoms with Crippen molar-refractivity contribution < 1.29 is 18.3 Å². The minimum absolute atomic E-state index is 0.0397. The van der Waals surface area contributed by atoms with E-state index in [4.69, 9.17) is 28.3 Å². The topological polar surface area (TPSA) is 87.6 Å². The van der Waals surface area contributed by atoms with Crippen LogP contribution in [0, 0.1) is 0 Å². The Bertz CT molecular complexity index is 985. The molecule has 136 valence electrons.